The Kier molecular flexibility index (Phi) is 1.75. The van der Waals surface area contributed by atoms with Crippen LogP contribution in [0, 0.1) is 0 Å². The number of phenols is 1. The third-order valence-electron chi connectivity index (χ3n) is 1.89. The summed E-state index contributed by atoms with van der Waals surface area (Å²) in [5.74, 6) is -1.20. The molecule has 6 heteroatoms. The molecule has 74 valence electrons. The van der Waals surface area contributed by atoms with Gasteiger partial charge in [-0.3, -0.25) is 4.79 Å². The molecular formula is C8H7NO4S. The van der Waals surface area contributed by atoms with Crippen LogP contribution in [-0.4, -0.2) is 25.2 Å². The van der Waals surface area contributed by atoms with Crippen LogP contribution in [0.25, 0.3) is 0 Å². The zero-order valence-corrected chi connectivity index (χ0v) is 7.84. The lowest BCUT2D eigenvalue weighted by atomic mass is 10.3. The molecule has 1 aromatic carbocycles. The second-order valence-electron chi connectivity index (χ2n) is 2.99. The van der Waals surface area contributed by atoms with Crippen LogP contribution in [0.2, 0.25) is 0 Å². The molecule has 5 nitrogen and oxygen atoms in total. The van der Waals surface area contributed by atoms with Crippen LogP contribution >= 0.6 is 0 Å². The molecule has 0 atom stereocenters. The van der Waals surface area contributed by atoms with Crippen molar-refractivity contribution in [1.29, 1.82) is 0 Å². The maximum Gasteiger partial charge on any atom is 0.239 e. The van der Waals surface area contributed by atoms with Gasteiger partial charge < -0.3 is 10.4 Å². The highest BCUT2D eigenvalue weighted by Crippen LogP contribution is 2.29. The number of hydrogen-bond donors (Lipinski definition) is 2. The number of benzene rings is 1. The number of carbonyl (C=O) groups excluding carboxylic acids is 1. The van der Waals surface area contributed by atoms with Gasteiger partial charge in [0.1, 0.15) is 11.5 Å². The van der Waals surface area contributed by atoms with Crippen LogP contribution in [0.15, 0.2) is 23.1 Å². The van der Waals surface area contributed by atoms with Gasteiger partial charge in [-0.25, -0.2) is 8.42 Å². The Bertz CT molecular complexity index is 506. The Morgan fingerprint density at radius 2 is 2.07 bits per heavy atom. The first-order valence-corrected chi connectivity index (χ1v) is 5.50. The molecule has 0 unspecified atom stereocenters. The van der Waals surface area contributed by atoms with Crippen molar-refractivity contribution < 1.29 is 18.3 Å². The summed E-state index contributed by atoms with van der Waals surface area (Å²) in [6, 6.07) is 3.76. The average molecular weight is 213 g/mol. The minimum Gasteiger partial charge on any atom is -0.508 e. The van der Waals surface area contributed by atoms with Crippen LogP contribution in [0.3, 0.4) is 0 Å². The van der Waals surface area contributed by atoms with Gasteiger partial charge in [0.15, 0.2) is 9.84 Å². The van der Waals surface area contributed by atoms with Crippen molar-refractivity contribution >= 4 is 21.4 Å². The smallest absolute Gasteiger partial charge is 0.239 e. The standard InChI is InChI=1S/C8H7NO4S/c10-5-1-2-7-6(3-5)9-8(11)4-14(7,12)13/h1-3,10H,4H2,(H,9,11). The Labute approximate surface area is 80.3 Å². The van der Waals surface area contributed by atoms with Crippen LogP contribution < -0.4 is 5.32 Å². The van der Waals surface area contributed by atoms with Gasteiger partial charge in [-0.15, -0.1) is 0 Å². The van der Waals surface area contributed by atoms with Gasteiger partial charge >= 0.3 is 0 Å². The van der Waals surface area contributed by atoms with Gasteiger partial charge in [0, 0.05) is 6.07 Å². The van der Waals surface area contributed by atoms with E-state index in [0.29, 0.717) is 0 Å². The highest BCUT2D eigenvalue weighted by Gasteiger charge is 2.28. The summed E-state index contributed by atoms with van der Waals surface area (Å²) in [4.78, 5) is 11.0. The number of rotatable bonds is 0. The number of hydrogen-bond acceptors (Lipinski definition) is 4. The van der Waals surface area contributed by atoms with E-state index in [-0.39, 0.29) is 16.3 Å². The topological polar surface area (TPSA) is 83.5 Å². The number of phenolic OH excluding ortho intramolecular Hbond substituents is 1. The highest BCUT2D eigenvalue weighted by molar-refractivity contribution is 7.92. The van der Waals surface area contributed by atoms with E-state index in [1.807, 2.05) is 0 Å². The summed E-state index contributed by atoms with van der Waals surface area (Å²) in [7, 11) is -3.53. The first-order chi connectivity index (χ1) is 6.49. The van der Waals surface area contributed by atoms with E-state index >= 15 is 0 Å². The van der Waals surface area contributed by atoms with Crippen LogP contribution in [0.4, 0.5) is 5.69 Å². The van der Waals surface area contributed by atoms with E-state index in [4.69, 9.17) is 5.11 Å². The Morgan fingerprint density at radius 3 is 2.79 bits per heavy atom. The number of aromatic hydroxyl groups is 1. The maximum absolute atomic E-state index is 11.5. The Hall–Kier alpha value is -1.56. The molecule has 1 heterocycles. The first kappa shape index (κ1) is 9.01. The molecule has 1 aromatic rings. The van der Waals surface area contributed by atoms with E-state index in [1.165, 1.54) is 18.2 Å². The van der Waals surface area contributed by atoms with Crippen LogP contribution in [-0.2, 0) is 14.6 Å². The van der Waals surface area contributed by atoms with E-state index < -0.39 is 21.5 Å². The molecule has 14 heavy (non-hydrogen) atoms. The highest BCUT2D eigenvalue weighted by atomic mass is 32.2. The molecule has 0 aliphatic carbocycles. The van der Waals surface area contributed by atoms with E-state index in [9.17, 15) is 13.2 Å². The molecule has 0 saturated heterocycles. The Balaban J connectivity index is 2.69. The lowest BCUT2D eigenvalue weighted by Crippen LogP contribution is -2.29. The Morgan fingerprint density at radius 1 is 1.36 bits per heavy atom. The summed E-state index contributed by atoms with van der Waals surface area (Å²) in [6.45, 7) is 0. The normalized spacial score (nSPS) is 18.4. The second-order valence-corrected chi connectivity index (χ2v) is 4.95. The molecular weight excluding hydrogens is 206 g/mol. The van der Waals surface area contributed by atoms with Gasteiger partial charge in [0.05, 0.1) is 10.6 Å². The van der Waals surface area contributed by atoms with Crippen molar-refractivity contribution in [2.45, 2.75) is 4.90 Å². The molecule has 1 amide bonds. The SMILES string of the molecule is O=C1CS(=O)(=O)c2ccc(O)cc2N1. The van der Waals surface area contributed by atoms with Crippen LogP contribution in [0.5, 0.6) is 5.75 Å². The molecule has 0 saturated carbocycles. The summed E-state index contributed by atoms with van der Waals surface area (Å²) in [5, 5.41) is 11.5. The summed E-state index contributed by atoms with van der Waals surface area (Å²) in [6.07, 6.45) is 0. The van der Waals surface area contributed by atoms with Crippen molar-refractivity contribution in [1.82, 2.24) is 0 Å². The van der Waals surface area contributed by atoms with Gasteiger partial charge in [0.2, 0.25) is 5.91 Å². The predicted molar refractivity (Wildman–Crippen MR) is 48.8 cm³/mol. The fraction of sp³-hybridized carbons (Fsp3) is 0.125. The van der Waals surface area contributed by atoms with E-state index in [2.05, 4.69) is 5.32 Å². The maximum atomic E-state index is 11.5. The minimum absolute atomic E-state index is 0.0508. The molecule has 0 fully saturated rings. The van der Waals surface area contributed by atoms with Crippen molar-refractivity contribution in [2.24, 2.45) is 0 Å². The minimum atomic E-state index is -3.53. The second kappa shape index (κ2) is 2.71. The summed E-state index contributed by atoms with van der Waals surface area (Å²) < 4.78 is 22.9. The molecule has 1 aliphatic rings. The third-order valence-corrected chi connectivity index (χ3v) is 3.56. The third kappa shape index (κ3) is 1.33. The number of carbonyl (C=O) groups is 1. The van der Waals surface area contributed by atoms with Gasteiger partial charge in [-0.05, 0) is 12.1 Å². The number of fused-ring (bicyclic) bond motifs is 1. The zero-order valence-electron chi connectivity index (χ0n) is 7.02. The lowest BCUT2D eigenvalue weighted by Gasteiger charge is -2.16. The zero-order chi connectivity index (χ0) is 10.3. The van der Waals surface area contributed by atoms with Crippen molar-refractivity contribution in [2.75, 3.05) is 11.1 Å². The molecule has 0 radical (unpaired) electrons. The number of amides is 1. The quantitative estimate of drug-likeness (QED) is 0.641. The largest absolute Gasteiger partial charge is 0.508 e. The predicted octanol–water partition coefficient (Wildman–Crippen LogP) is 0.118. The van der Waals surface area contributed by atoms with Gasteiger partial charge in [-0.2, -0.15) is 0 Å². The van der Waals surface area contributed by atoms with E-state index in [0.717, 1.165) is 0 Å². The lowest BCUT2D eigenvalue weighted by molar-refractivity contribution is -0.114. The first-order valence-electron chi connectivity index (χ1n) is 3.85. The van der Waals surface area contributed by atoms with Crippen LogP contribution in [0.1, 0.15) is 0 Å². The number of anilines is 1. The average Bonchev–Trinajstić information content (AvgIpc) is 2.00. The molecule has 2 rings (SSSR count). The van der Waals surface area contributed by atoms with Gasteiger partial charge in [0.25, 0.3) is 0 Å². The van der Waals surface area contributed by atoms with Crippen molar-refractivity contribution in [3.8, 4) is 5.75 Å². The number of nitrogens with one attached hydrogen (secondary N) is 1. The van der Waals surface area contributed by atoms with Crippen molar-refractivity contribution in [3.63, 3.8) is 0 Å². The molecule has 2 N–H and O–H groups in total. The fourth-order valence-corrected chi connectivity index (χ4v) is 2.62. The molecule has 0 spiro atoms. The molecule has 1 aliphatic heterocycles. The molecule has 0 bridgehead atoms. The van der Waals surface area contributed by atoms with E-state index in [1.54, 1.807) is 0 Å². The van der Waals surface area contributed by atoms with Crippen molar-refractivity contribution in [3.05, 3.63) is 18.2 Å². The number of sulfone groups is 1. The molecule has 0 aromatic heterocycles. The summed E-state index contributed by atoms with van der Waals surface area (Å²) >= 11 is 0. The summed E-state index contributed by atoms with van der Waals surface area (Å²) in [5.41, 5.74) is 0.140. The monoisotopic (exact) mass is 213 g/mol. The van der Waals surface area contributed by atoms with Gasteiger partial charge in [-0.1, -0.05) is 0 Å². The fourth-order valence-electron chi connectivity index (χ4n) is 1.32.